The van der Waals surface area contributed by atoms with Crippen molar-refractivity contribution in [1.29, 1.82) is 0 Å². The Bertz CT molecular complexity index is 2580. The van der Waals surface area contributed by atoms with Gasteiger partial charge in [-0.2, -0.15) is 4.98 Å². The van der Waals surface area contributed by atoms with Crippen LogP contribution in [0, 0.1) is 0 Å². The first-order valence-electron chi connectivity index (χ1n) is 20.1. The summed E-state index contributed by atoms with van der Waals surface area (Å²) >= 11 is 0. The zero-order chi connectivity index (χ0) is 41.8. The second-order valence-electron chi connectivity index (χ2n) is 14.9. The number of hydrogen-bond acceptors (Lipinski definition) is 7. The summed E-state index contributed by atoms with van der Waals surface area (Å²) in [5.41, 5.74) is 1.76. The number of ether oxygens (including phenoxy) is 3. The molecule has 3 heterocycles. The first-order chi connectivity index (χ1) is 29.9. The fraction of sp³-hybridized carbons (Fsp3) is 0.160. The third kappa shape index (κ3) is 7.33. The molecule has 304 valence electrons. The van der Waals surface area contributed by atoms with Gasteiger partial charge in [0.2, 0.25) is 11.9 Å². The van der Waals surface area contributed by atoms with Crippen LogP contribution in [0.1, 0.15) is 46.5 Å². The zero-order valence-electron chi connectivity index (χ0n) is 33.2. The zero-order valence-corrected chi connectivity index (χ0v) is 33.2. The van der Waals surface area contributed by atoms with Gasteiger partial charge in [-0.15, -0.1) is 0 Å². The molecule has 11 heteroatoms. The minimum absolute atomic E-state index is 0.0214. The van der Waals surface area contributed by atoms with Gasteiger partial charge in [-0.1, -0.05) is 182 Å². The summed E-state index contributed by atoms with van der Waals surface area (Å²) < 4.78 is 41.1. The molecule has 1 saturated heterocycles. The predicted molar refractivity (Wildman–Crippen MR) is 230 cm³/mol. The number of H-pyrrole nitrogens is 1. The number of alkyl halides is 1. The fourth-order valence-corrected chi connectivity index (χ4v) is 8.43. The lowest BCUT2D eigenvalue weighted by molar-refractivity contribution is -0.128. The molecule has 2 aromatic heterocycles. The molecule has 61 heavy (non-hydrogen) atoms. The summed E-state index contributed by atoms with van der Waals surface area (Å²) in [6.07, 6.45) is -4.28. The maximum Gasteiger partial charge on any atom is 0.280 e. The summed E-state index contributed by atoms with van der Waals surface area (Å²) in [6, 6.07) is 59.0. The second kappa shape index (κ2) is 16.9. The van der Waals surface area contributed by atoms with Crippen LogP contribution in [-0.2, 0) is 30.2 Å². The van der Waals surface area contributed by atoms with E-state index in [1.165, 1.54) is 17.8 Å². The van der Waals surface area contributed by atoms with Crippen molar-refractivity contribution >= 4 is 23.0 Å². The van der Waals surface area contributed by atoms with Crippen molar-refractivity contribution in [2.24, 2.45) is 0 Å². The maximum atomic E-state index is 18.1. The van der Waals surface area contributed by atoms with E-state index in [1.54, 1.807) is 0 Å². The Morgan fingerprint density at radius 3 is 1.51 bits per heavy atom. The highest BCUT2D eigenvalue weighted by molar-refractivity contribution is 5.87. The minimum atomic E-state index is -1.87. The highest BCUT2D eigenvalue weighted by atomic mass is 19.1. The van der Waals surface area contributed by atoms with Crippen LogP contribution in [0.5, 0.6) is 0 Å². The highest BCUT2D eigenvalue weighted by Gasteiger charge is 2.53. The number of nitrogens with one attached hydrogen (secondary N) is 2. The first kappa shape index (κ1) is 39.4. The predicted octanol–water partition coefficient (Wildman–Crippen LogP) is 8.70. The van der Waals surface area contributed by atoms with Gasteiger partial charge in [-0.25, -0.2) is 9.37 Å². The van der Waals surface area contributed by atoms with E-state index in [2.05, 4.69) is 20.3 Å². The van der Waals surface area contributed by atoms with Crippen molar-refractivity contribution in [3.63, 3.8) is 0 Å². The maximum absolute atomic E-state index is 18.1. The number of rotatable bonds is 13. The number of halogens is 1. The molecule has 9 rings (SSSR count). The molecule has 1 aliphatic heterocycles. The van der Waals surface area contributed by atoms with Gasteiger partial charge in [0.05, 0.1) is 12.9 Å². The summed E-state index contributed by atoms with van der Waals surface area (Å²) in [6.45, 7) is 1.15. The van der Waals surface area contributed by atoms with Crippen LogP contribution < -0.4 is 10.9 Å². The molecular formula is C50H42FN5O5. The minimum Gasteiger partial charge on any atom is -0.358 e. The van der Waals surface area contributed by atoms with Gasteiger partial charge in [0.25, 0.3) is 5.56 Å². The Kier molecular flexibility index (Phi) is 10.9. The van der Waals surface area contributed by atoms with Crippen LogP contribution in [-0.4, -0.2) is 50.4 Å². The number of anilines is 1. The average Bonchev–Trinajstić information content (AvgIpc) is 3.87. The standard InChI is InChI=1S/C50H42FN5O5/c1-34(57)53-48-54-45-43(46(58)55-48)52-33-56(45)47-42(51)44(61-50(38-26-14-5-15-27-38,39-28-16-6-17-29-39)40-30-18-7-19-31-40)41(60-47)32-59-49(35-20-8-2-9-21-35,36-22-10-3-11-23-36)37-24-12-4-13-25-37/h2-31,33,41-42,44,47H,32H2,1H3,(H2,53,54,55,57,58)/t41-,42+,44-,47-/m1/s1. The molecule has 0 unspecified atom stereocenters. The Hall–Kier alpha value is -7.05. The van der Waals surface area contributed by atoms with Crippen molar-refractivity contribution < 1.29 is 23.4 Å². The van der Waals surface area contributed by atoms with Crippen LogP contribution in [0.2, 0.25) is 0 Å². The topological polar surface area (TPSA) is 120 Å². The lowest BCUT2D eigenvalue weighted by atomic mass is 9.79. The van der Waals surface area contributed by atoms with Gasteiger partial charge in [0, 0.05) is 6.92 Å². The molecule has 4 atom stereocenters. The van der Waals surface area contributed by atoms with E-state index in [1.807, 2.05) is 182 Å². The monoisotopic (exact) mass is 811 g/mol. The van der Waals surface area contributed by atoms with Gasteiger partial charge in [0.15, 0.2) is 23.6 Å². The number of aromatic nitrogens is 4. The lowest BCUT2D eigenvalue weighted by Gasteiger charge is -2.40. The summed E-state index contributed by atoms with van der Waals surface area (Å²) in [5, 5.41) is 2.52. The van der Waals surface area contributed by atoms with Crippen molar-refractivity contribution in [2.45, 2.75) is 42.7 Å². The lowest BCUT2D eigenvalue weighted by Crippen LogP contribution is -2.45. The molecule has 0 saturated carbocycles. The average molecular weight is 812 g/mol. The largest absolute Gasteiger partial charge is 0.358 e. The Morgan fingerprint density at radius 2 is 1.10 bits per heavy atom. The Morgan fingerprint density at radius 1 is 0.689 bits per heavy atom. The SMILES string of the molecule is CC(=O)Nc1nc2c(ncn2[C@@H]2O[C@H](COC(c3ccccc3)(c3ccccc3)c3ccccc3)[C@@H](OC(c3ccccc3)(c3ccccc3)c3ccccc3)[C@@H]2F)c(=O)[nH]1. The van der Waals surface area contributed by atoms with Gasteiger partial charge < -0.3 is 14.2 Å². The molecule has 0 radical (unpaired) electrons. The van der Waals surface area contributed by atoms with E-state index in [9.17, 15) is 9.59 Å². The first-order valence-corrected chi connectivity index (χ1v) is 20.1. The molecule has 0 aliphatic carbocycles. The van der Waals surface area contributed by atoms with Crippen molar-refractivity contribution in [2.75, 3.05) is 11.9 Å². The van der Waals surface area contributed by atoms with Gasteiger partial charge >= 0.3 is 0 Å². The molecule has 8 aromatic rings. The molecule has 2 N–H and O–H groups in total. The smallest absolute Gasteiger partial charge is 0.280 e. The number of hydrogen-bond donors (Lipinski definition) is 2. The number of amides is 1. The summed E-state index contributed by atoms with van der Waals surface area (Å²) in [5.74, 6) is -0.556. The van der Waals surface area contributed by atoms with Crippen LogP contribution in [0.15, 0.2) is 193 Å². The molecule has 1 aliphatic rings. The number of aromatic amines is 1. The molecule has 1 fully saturated rings. The summed E-state index contributed by atoms with van der Waals surface area (Å²) in [4.78, 5) is 36.5. The van der Waals surface area contributed by atoms with Crippen LogP contribution in [0.3, 0.4) is 0 Å². The number of benzene rings is 6. The highest BCUT2D eigenvalue weighted by Crippen LogP contribution is 2.47. The third-order valence-electron chi connectivity index (χ3n) is 11.1. The molecule has 10 nitrogen and oxygen atoms in total. The number of carbonyl (C=O) groups is 1. The Balaban J connectivity index is 1.22. The van der Waals surface area contributed by atoms with Crippen molar-refractivity contribution in [3.05, 3.63) is 232 Å². The second-order valence-corrected chi connectivity index (χ2v) is 14.9. The van der Waals surface area contributed by atoms with Crippen molar-refractivity contribution in [3.8, 4) is 0 Å². The quantitative estimate of drug-likeness (QED) is 0.112. The van der Waals surface area contributed by atoms with Crippen molar-refractivity contribution in [1.82, 2.24) is 19.5 Å². The molecule has 0 spiro atoms. The van der Waals surface area contributed by atoms with Gasteiger partial charge in [-0.05, 0) is 33.4 Å². The number of carbonyl (C=O) groups excluding carboxylic acids is 1. The van der Waals surface area contributed by atoms with Crippen LogP contribution >= 0.6 is 0 Å². The van der Waals surface area contributed by atoms with Gasteiger partial charge in [0.1, 0.15) is 23.4 Å². The molecule has 1 amide bonds. The van der Waals surface area contributed by atoms with E-state index in [4.69, 9.17) is 14.2 Å². The normalized spacial score (nSPS) is 17.9. The van der Waals surface area contributed by atoms with E-state index >= 15 is 4.39 Å². The third-order valence-corrected chi connectivity index (χ3v) is 11.1. The molecule has 6 aromatic carbocycles. The van der Waals surface area contributed by atoms with E-state index in [0.29, 0.717) is 0 Å². The van der Waals surface area contributed by atoms with E-state index in [-0.39, 0.29) is 23.7 Å². The summed E-state index contributed by atoms with van der Waals surface area (Å²) in [7, 11) is 0. The molecule has 0 bridgehead atoms. The van der Waals surface area contributed by atoms with E-state index < -0.39 is 47.3 Å². The number of nitrogens with zero attached hydrogens (tertiary/aromatic N) is 3. The van der Waals surface area contributed by atoms with Crippen LogP contribution in [0.4, 0.5) is 10.3 Å². The number of imidazole rings is 1. The number of fused-ring (bicyclic) bond motifs is 1. The van der Waals surface area contributed by atoms with Crippen LogP contribution in [0.25, 0.3) is 11.2 Å². The van der Waals surface area contributed by atoms with Gasteiger partial charge in [-0.3, -0.25) is 24.5 Å². The molecular weight excluding hydrogens is 770 g/mol. The fourth-order valence-electron chi connectivity index (χ4n) is 8.43. The van der Waals surface area contributed by atoms with E-state index in [0.717, 1.165) is 33.4 Å². The Labute approximate surface area is 351 Å².